The van der Waals surface area contributed by atoms with Crippen molar-refractivity contribution in [2.45, 2.75) is 36.8 Å². The maximum atomic E-state index is 12.2. The minimum Gasteiger partial charge on any atom is -0.348 e. The van der Waals surface area contributed by atoms with E-state index in [1.165, 1.54) is 17.1 Å². The van der Waals surface area contributed by atoms with E-state index in [-0.39, 0.29) is 11.9 Å². The molecular weight excluding hydrogens is 300 g/mol. The lowest BCUT2D eigenvalue weighted by Crippen LogP contribution is -2.40. The van der Waals surface area contributed by atoms with E-state index in [4.69, 9.17) is 5.73 Å². The summed E-state index contributed by atoms with van der Waals surface area (Å²) < 4.78 is 0.531. The van der Waals surface area contributed by atoms with Gasteiger partial charge in [0.25, 0.3) is 5.91 Å². The number of carbonyl (C=O) groups excluding carboxylic acids is 1. The minimum absolute atomic E-state index is 0.0140. The van der Waals surface area contributed by atoms with Crippen molar-refractivity contribution in [1.82, 2.24) is 5.32 Å². The first-order valence-electron chi connectivity index (χ1n) is 7.58. The summed E-state index contributed by atoms with van der Waals surface area (Å²) in [6.07, 6.45) is 3.17. The molecule has 1 saturated heterocycles. The van der Waals surface area contributed by atoms with Gasteiger partial charge in [-0.1, -0.05) is 31.9 Å². The quantitative estimate of drug-likeness (QED) is 0.807. The van der Waals surface area contributed by atoms with Crippen LogP contribution in [-0.2, 0) is 0 Å². The molecule has 1 amide bonds. The van der Waals surface area contributed by atoms with Crippen LogP contribution in [0.5, 0.6) is 0 Å². The molecular formula is C16H24N2OS2. The first-order valence-corrected chi connectivity index (χ1v) is 9.68. The van der Waals surface area contributed by atoms with Crippen molar-refractivity contribution < 1.29 is 4.79 Å². The van der Waals surface area contributed by atoms with Gasteiger partial charge >= 0.3 is 0 Å². The molecule has 1 fully saturated rings. The number of benzene rings is 1. The molecule has 1 aliphatic rings. The Labute approximate surface area is 135 Å². The number of thioether (sulfide) groups is 2. The van der Waals surface area contributed by atoms with E-state index < -0.39 is 0 Å². The third kappa shape index (κ3) is 4.94. The predicted molar refractivity (Wildman–Crippen MR) is 93.9 cm³/mol. The summed E-state index contributed by atoms with van der Waals surface area (Å²) in [5.41, 5.74) is 7.76. The van der Waals surface area contributed by atoms with Gasteiger partial charge in [-0.2, -0.15) is 0 Å². The van der Waals surface area contributed by atoms with Gasteiger partial charge in [-0.05, 0) is 24.1 Å². The van der Waals surface area contributed by atoms with Crippen molar-refractivity contribution in [3.63, 3.8) is 0 Å². The van der Waals surface area contributed by atoms with Crippen LogP contribution in [0.3, 0.4) is 0 Å². The number of carbonyl (C=O) groups is 1. The van der Waals surface area contributed by atoms with Gasteiger partial charge in [0.15, 0.2) is 0 Å². The van der Waals surface area contributed by atoms with Crippen LogP contribution in [-0.4, -0.2) is 30.0 Å². The Morgan fingerprint density at radius 1 is 1.33 bits per heavy atom. The SMILES string of the molecule is CCCCC(CN)NC(=O)c1ccc(C2SCCS2)cc1. The fourth-order valence-corrected chi connectivity index (χ4v) is 5.17. The van der Waals surface area contributed by atoms with Crippen LogP contribution in [0.2, 0.25) is 0 Å². The number of nitrogens with one attached hydrogen (secondary N) is 1. The number of hydrogen-bond donors (Lipinski definition) is 2. The summed E-state index contributed by atoms with van der Waals surface area (Å²) in [5, 5.41) is 3.03. The fourth-order valence-electron chi connectivity index (χ4n) is 2.31. The summed E-state index contributed by atoms with van der Waals surface area (Å²) in [7, 11) is 0. The van der Waals surface area contributed by atoms with Crippen molar-refractivity contribution in [3.05, 3.63) is 35.4 Å². The topological polar surface area (TPSA) is 55.1 Å². The number of amides is 1. The molecule has 116 valence electrons. The Hall–Kier alpha value is -0.650. The van der Waals surface area contributed by atoms with E-state index in [0.717, 1.165) is 24.8 Å². The molecule has 0 aliphatic carbocycles. The number of rotatable bonds is 7. The van der Waals surface area contributed by atoms with Crippen LogP contribution >= 0.6 is 23.5 Å². The molecule has 3 N–H and O–H groups in total. The zero-order valence-corrected chi connectivity index (χ0v) is 14.1. The summed E-state index contributed by atoms with van der Waals surface area (Å²) in [6, 6.07) is 8.09. The van der Waals surface area contributed by atoms with Crippen LogP contribution in [0.4, 0.5) is 0 Å². The number of unbranched alkanes of at least 4 members (excludes halogenated alkanes) is 1. The van der Waals surface area contributed by atoms with Crippen molar-refractivity contribution in [2.24, 2.45) is 5.73 Å². The first-order chi connectivity index (χ1) is 10.2. The fraction of sp³-hybridized carbons (Fsp3) is 0.562. The van der Waals surface area contributed by atoms with Crippen molar-refractivity contribution in [2.75, 3.05) is 18.1 Å². The highest BCUT2D eigenvalue weighted by Crippen LogP contribution is 2.45. The second-order valence-corrected chi connectivity index (χ2v) is 7.97. The average molecular weight is 325 g/mol. The Bertz CT molecular complexity index is 444. The highest BCUT2D eigenvalue weighted by molar-refractivity contribution is 8.19. The first kappa shape index (κ1) is 16.7. The Balaban J connectivity index is 1.92. The molecule has 1 atom stereocenters. The van der Waals surface area contributed by atoms with Gasteiger partial charge in [0.05, 0.1) is 4.58 Å². The lowest BCUT2D eigenvalue weighted by Gasteiger charge is -2.17. The molecule has 0 bridgehead atoms. The zero-order valence-electron chi connectivity index (χ0n) is 12.5. The van der Waals surface area contributed by atoms with E-state index in [0.29, 0.717) is 11.1 Å². The maximum absolute atomic E-state index is 12.2. The van der Waals surface area contributed by atoms with Crippen LogP contribution in [0.1, 0.15) is 46.7 Å². The third-order valence-corrected chi connectivity index (χ3v) is 6.70. The third-order valence-electron chi connectivity index (χ3n) is 3.59. The van der Waals surface area contributed by atoms with Gasteiger partial charge in [0.2, 0.25) is 0 Å². The standard InChI is InChI=1S/C16H24N2OS2/c1-2-3-4-14(11-17)18-15(19)12-5-7-13(8-6-12)16-20-9-10-21-16/h5-8,14,16H,2-4,9-11,17H2,1H3,(H,18,19). The molecule has 1 aromatic rings. The predicted octanol–water partition coefficient (Wildman–Crippen LogP) is 3.41. The summed E-state index contributed by atoms with van der Waals surface area (Å²) >= 11 is 3.96. The molecule has 1 aromatic carbocycles. The molecule has 0 saturated carbocycles. The molecule has 21 heavy (non-hydrogen) atoms. The second kappa shape index (κ2) is 8.71. The normalized spacial score (nSPS) is 16.9. The van der Waals surface area contributed by atoms with Gasteiger partial charge in [-0.15, -0.1) is 23.5 Å². The molecule has 1 aliphatic heterocycles. The Morgan fingerprint density at radius 2 is 2.00 bits per heavy atom. The minimum atomic E-state index is -0.0140. The van der Waals surface area contributed by atoms with E-state index in [9.17, 15) is 4.79 Å². The zero-order chi connectivity index (χ0) is 15.1. The largest absolute Gasteiger partial charge is 0.348 e. The van der Waals surface area contributed by atoms with Crippen molar-refractivity contribution in [1.29, 1.82) is 0 Å². The van der Waals surface area contributed by atoms with E-state index in [1.807, 2.05) is 35.7 Å². The van der Waals surface area contributed by atoms with Crippen molar-refractivity contribution >= 4 is 29.4 Å². The summed E-state index contributed by atoms with van der Waals surface area (Å²) in [5.74, 6) is 2.42. The Morgan fingerprint density at radius 3 is 2.57 bits per heavy atom. The number of hydrogen-bond acceptors (Lipinski definition) is 4. The molecule has 1 heterocycles. The lowest BCUT2D eigenvalue weighted by atomic mass is 10.1. The van der Waals surface area contributed by atoms with Crippen LogP contribution in [0.15, 0.2) is 24.3 Å². The highest BCUT2D eigenvalue weighted by Gasteiger charge is 2.18. The van der Waals surface area contributed by atoms with Crippen molar-refractivity contribution in [3.8, 4) is 0 Å². The summed E-state index contributed by atoms with van der Waals surface area (Å²) in [6.45, 7) is 2.65. The van der Waals surface area contributed by atoms with E-state index in [2.05, 4.69) is 24.4 Å². The monoisotopic (exact) mass is 324 g/mol. The van der Waals surface area contributed by atoms with E-state index >= 15 is 0 Å². The lowest BCUT2D eigenvalue weighted by molar-refractivity contribution is 0.0936. The highest BCUT2D eigenvalue weighted by atomic mass is 32.2. The second-order valence-electron chi connectivity index (χ2n) is 5.24. The smallest absolute Gasteiger partial charge is 0.251 e. The molecule has 3 nitrogen and oxygen atoms in total. The van der Waals surface area contributed by atoms with Crippen LogP contribution < -0.4 is 11.1 Å². The molecule has 0 aromatic heterocycles. The van der Waals surface area contributed by atoms with Gasteiger partial charge in [-0.3, -0.25) is 4.79 Å². The number of nitrogens with two attached hydrogens (primary N) is 1. The van der Waals surface area contributed by atoms with E-state index in [1.54, 1.807) is 0 Å². The van der Waals surface area contributed by atoms with Gasteiger partial charge < -0.3 is 11.1 Å². The van der Waals surface area contributed by atoms with Crippen LogP contribution in [0, 0.1) is 0 Å². The molecule has 2 rings (SSSR count). The molecule has 0 spiro atoms. The average Bonchev–Trinajstić information content (AvgIpc) is 3.05. The Kier molecular flexibility index (Phi) is 6.93. The summed E-state index contributed by atoms with van der Waals surface area (Å²) in [4.78, 5) is 12.2. The molecule has 1 unspecified atom stereocenters. The van der Waals surface area contributed by atoms with Gasteiger partial charge in [0.1, 0.15) is 0 Å². The maximum Gasteiger partial charge on any atom is 0.251 e. The molecule has 0 radical (unpaired) electrons. The van der Waals surface area contributed by atoms with Gasteiger partial charge in [0, 0.05) is 29.7 Å². The van der Waals surface area contributed by atoms with Crippen LogP contribution in [0.25, 0.3) is 0 Å². The molecule has 5 heteroatoms. The van der Waals surface area contributed by atoms with Gasteiger partial charge in [-0.25, -0.2) is 0 Å².